The first-order valence-corrected chi connectivity index (χ1v) is 6.43. The van der Waals surface area contributed by atoms with Crippen LogP contribution in [0.2, 0.25) is 0 Å². The molecule has 112 valence electrons. The van der Waals surface area contributed by atoms with Gasteiger partial charge in [0.15, 0.2) is 0 Å². The fourth-order valence-electron chi connectivity index (χ4n) is 1.97. The van der Waals surface area contributed by atoms with Gasteiger partial charge in [-0.15, -0.1) is 0 Å². The Morgan fingerprint density at radius 2 is 2.14 bits per heavy atom. The van der Waals surface area contributed by atoms with Crippen LogP contribution in [0.25, 0.3) is 0 Å². The van der Waals surface area contributed by atoms with E-state index in [0.29, 0.717) is 12.4 Å². The lowest BCUT2D eigenvalue weighted by molar-refractivity contribution is 0.169. The predicted octanol–water partition coefficient (Wildman–Crippen LogP) is 2.19. The number of aliphatic hydroxyl groups is 1. The van der Waals surface area contributed by atoms with Crippen molar-refractivity contribution < 1.29 is 18.6 Å². The van der Waals surface area contributed by atoms with Gasteiger partial charge in [0.25, 0.3) is 0 Å². The number of hydrogen-bond donors (Lipinski definition) is 2. The van der Waals surface area contributed by atoms with Crippen molar-refractivity contribution in [2.24, 2.45) is 0 Å². The third-order valence-corrected chi connectivity index (χ3v) is 3.02. The zero-order chi connectivity index (χ0) is 15.2. The van der Waals surface area contributed by atoms with Crippen molar-refractivity contribution in [3.63, 3.8) is 0 Å². The lowest BCUT2D eigenvalue weighted by atomic mass is 10.1. The summed E-state index contributed by atoms with van der Waals surface area (Å²) < 4.78 is 31.4. The molecule has 0 saturated heterocycles. The highest BCUT2D eigenvalue weighted by Crippen LogP contribution is 2.18. The van der Waals surface area contributed by atoms with E-state index in [4.69, 9.17) is 4.74 Å². The van der Waals surface area contributed by atoms with Gasteiger partial charge in [0.05, 0.1) is 13.2 Å². The SMILES string of the molecule is COc1ncccc1CNCC(O)c1ccc(F)cc1F. The summed E-state index contributed by atoms with van der Waals surface area (Å²) in [7, 11) is 1.52. The number of nitrogens with zero attached hydrogens (tertiary/aromatic N) is 1. The van der Waals surface area contributed by atoms with E-state index >= 15 is 0 Å². The van der Waals surface area contributed by atoms with Gasteiger partial charge in [-0.2, -0.15) is 0 Å². The third-order valence-electron chi connectivity index (χ3n) is 3.02. The molecule has 2 N–H and O–H groups in total. The highest BCUT2D eigenvalue weighted by Gasteiger charge is 2.13. The summed E-state index contributed by atoms with van der Waals surface area (Å²) in [5, 5.41) is 12.9. The molecule has 0 amide bonds. The first-order chi connectivity index (χ1) is 10.1. The van der Waals surface area contributed by atoms with Gasteiger partial charge in [-0.05, 0) is 12.1 Å². The van der Waals surface area contributed by atoms with Crippen molar-refractivity contribution >= 4 is 0 Å². The quantitative estimate of drug-likeness (QED) is 0.857. The molecular formula is C15H16F2N2O2. The first-order valence-electron chi connectivity index (χ1n) is 6.43. The molecular weight excluding hydrogens is 278 g/mol. The lowest BCUT2D eigenvalue weighted by Crippen LogP contribution is -2.22. The second-order valence-electron chi connectivity index (χ2n) is 4.48. The Morgan fingerprint density at radius 3 is 2.86 bits per heavy atom. The van der Waals surface area contributed by atoms with Crippen LogP contribution in [-0.2, 0) is 6.54 Å². The van der Waals surface area contributed by atoms with E-state index in [1.807, 2.05) is 6.07 Å². The first kappa shape index (κ1) is 15.3. The van der Waals surface area contributed by atoms with Crippen molar-refractivity contribution in [1.82, 2.24) is 10.3 Å². The molecule has 2 aromatic rings. The van der Waals surface area contributed by atoms with Gasteiger partial charge in [-0.25, -0.2) is 13.8 Å². The molecule has 6 heteroatoms. The van der Waals surface area contributed by atoms with Crippen LogP contribution in [0.5, 0.6) is 5.88 Å². The Bertz CT molecular complexity index is 608. The number of aliphatic hydroxyl groups excluding tert-OH is 1. The van der Waals surface area contributed by atoms with Crippen LogP contribution in [-0.4, -0.2) is 23.7 Å². The second kappa shape index (κ2) is 7.10. The van der Waals surface area contributed by atoms with Gasteiger partial charge >= 0.3 is 0 Å². The standard InChI is InChI=1S/C15H16F2N2O2/c1-21-15-10(3-2-6-19-15)8-18-9-14(20)12-5-4-11(16)7-13(12)17/h2-7,14,18,20H,8-9H2,1H3. The molecule has 0 radical (unpaired) electrons. The fourth-order valence-corrected chi connectivity index (χ4v) is 1.97. The van der Waals surface area contributed by atoms with Crippen LogP contribution in [0.15, 0.2) is 36.5 Å². The average Bonchev–Trinajstić information content (AvgIpc) is 2.47. The van der Waals surface area contributed by atoms with Gasteiger partial charge in [-0.1, -0.05) is 12.1 Å². The Labute approximate surface area is 121 Å². The highest BCUT2D eigenvalue weighted by atomic mass is 19.1. The van der Waals surface area contributed by atoms with Crippen LogP contribution in [0, 0.1) is 11.6 Å². The average molecular weight is 294 g/mol. The number of benzene rings is 1. The third kappa shape index (κ3) is 3.96. The molecule has 21 heavy (non-hydrogen) atoms. The molecule has 1 aromatic carbocycles. The molecule has 0 aliphatic carbocycles. The molecule has 1 atom stereocenters. The molecule has 0 fully saturated rings. The zero-order valence-corrected chi connectivity index (χ0v) is 11.5. The monoisotopic (exact) mass is 294 g/mol. The molecule has 1 unspecified atom stereocenters. The Morgan fingerprint density at radius 1 is 1.33 bits per heavy atom. The smallest absolute Gasteiger partial charge is 0.217 e. The van der Waals surface area contributed by atoms with Gasteiger partial charge < -0.3 is 15.2 Å². The Hall–Kier alpha value is -2.05. The number of hydrogen-bond acceptors (Lipinski definition) is 4. The van der Waals surface area contributed by atoms with Gasteiger partial charge in [-0.3, -0.25) is 0 Å². The summed E-state index contributed by atoms with van der Waals surface area (Å²) in [6.45, 7) is 0.539. The van der Waals surface area contributed by atoms with Crippen molar-refractivity contribution in [2.45, 2.75) is 12.6 Å². The number of halogens is 2. The maximum atomic E-state index is 13.5. The van der Waals surface area contributed by atoms with E-state index in [9.17, 15) is 13.9 Å². The zero-order valence-electron chi connectivity index (χ0n) is 11.5. The van der Waals surface area contributed by atoms with Crippen molar-refractivity contribution in [3.05, 3.63) is 59.3 Å². The number of methoxy groups -OCH3 is 1. The summed E-state index contributed by atoms with van der Waals surface area (Å²) in [6, 6.07) is 6.72. The van der Waals surface area contributed by atoms with E-state index in [1.54, 1.807) is 12.3 Å². The molecule has 0 bridgehead atoms. The molecule has 2 rings (SSSR count). The predicted molar refractivity (Wildman–Crippen MR) is 73.8 cm³/mol. The summed E-state index contributed by atoms with van der Waals surface area (Å²) in [4.78, 5) is 4.05. The van der Waals surface area contributed by atoms with Crippen molar-refractivity contribution in [1.29, 1.82) is 0 Å². The summed E-state index contributed by atoms with van der Waals surface area (Å²) in [6.07, 6.45) is 0.554. The van der Waals surface area contributed by atoms with E-state index in [-0.39, 0.29) is 12.1 Å². The lowest BCUT2D eigenvalue weighted by Gasteiger charge is -2.14. The van der Waals surface area contributed by atoms with Crippen LogP contribution in [0.4, 0.5) is 8.78 Å². The molecule has 0 aliphatic rings. The van der Waals surface area contributed by atoms with Gasteiger partial charge in [0.2, 0.25) is 5.88 Å². The number of pyridine rings is 1. The van der Waals surface area contributed by atoms with Gasteiger partial charge in [0, 0.05) is 36.5 Å². The number of rotatable bonds is 6. The Kier molecular flexibility index (Phi) is 5.19. The van der Waals surface area contributed by atoms with Crippen molar-refractivity contribution in [2.75, 3.05) is 13.7 Å². The Balaban J connectivity index is 1.93. The normalized spacial score (nSPS) is 12.2. The van der Waals surface area contributed by atoms with E-state index in [0.717, 1.165) is 17.7 Å². The van der Waals surface area contributed by atoms with E-state index in [2.05, 4.69) is 10.3 Å². The largest absolute Gasteiger partial charge is 0.481 e. The summed E-state index contributed by atoms with van der Waals surface area (Å²) in [5.41, 5.74) is 0.883. The fraction of sp³-hybridized carbons (Fsp3) is 0.267. The summed E-state index contributed by atoms with van der Waals surface area (Å²) >= 11 is 0. The van der Waals surface area contributed by atoms with Gasteiger partial charge in [0.1, 0.15) is 11.6 Å². The maximum absolute atomic E-state index is 13.5. The minimum absolute atomic E-state index is 0.0575. The van der Waals surface area contributed by atoms with Crippen LogP contribution in [0.3, 0.4) is 0 Å². The van der Waals surface area contributed by atoms with Crippen molar-refractivity contribution in [3.8, 4) is 5.88 Å². The summed E-state index contributed by atoms with van der Waals surface area (Å²) in [5.74, 6) is -0.938. The van der Waals surface area contributed by atoms with Crippen LogP contribution >= 0.6 is 0 Å². The number of ether oxygens (including phenoxy) is 1. The molecule has 1 heterocycles. The second-order valence-corrected chi connectivity index (χ2v) is 4.48. The van der Waals surface area contributed by atoms with Crippen LogP contribution < -0.4 is 10.1 Å². The molecule has 1 aromatic heterocycles. The minimum Gasteiger partial charge on any atom is -0.481 e. The topological polar surface area (TPSA) is 54.4 Å². The molecule has 0 spiro atoms. The van der Waals surface area contributed by atoms with E-state index < -0.39 is 17.7 Å². The minimum atomic E-state index is -1.06. The number of nitrogens with one attached hydrogen (secondary N) is 1. The highest BCUT2D eigenvalue weighted by molar-refractivity contribution is 5.25. The van der Waals surface area contributed by atoms with E-state index in [1.165, 1.54) is 13.2 Å². The molecule has 0 saturated carbocycles. The van der Waals surface area contributed by atoms with Crippen LogP contribution in [0.1, 0.15) is 17.2 Å². The number of aromatic nitrogens is 1. The maximum Gasteiger partial charge on any atom is 0.217 e. The molecule has 4 nitrogen and oxygen atoms in total. The molecule has 0 aliphatic heterocycles.